The first-order valence-corrected chi connectivity index (χ1v) is 5.31. The van der Waals surface area contributed by atoms with Gasteiger partial charge in [-0.3, -0.25) is 0 Å². The Hall–Kier alpha value is -2.16. The average Bonchev–Trinajstić information content (AvgIpc) is 2.36. The molecule has 0 aliphatic rings. The summed E-state index contributed by atoms with van der Waals surface area (Å²) in [5.41, 5.74) is -0.840. The van der Waals surface area contributed by atoms with Crippen molar-refractivity contribution in [2.24, 2.45) is 0 Å². The summed E-state index contributed by atoms with van der Waals surface area (Å²) in [4.78, 5) is 19.0. The molecule has 0 radical (unpaired) electrons. The zero-order valence-electron chi connectivity index (χ0n) is 9.77. The van der Waals surface area contributed by atoms with Gasteiger partial charge in [0.1, 0.15) is 17.4 Å². The predicted molar refractivity (Wildman–Crippen MR) is 61.3 cm³/mol. The van der Waals surface area contributed by atoms with Crippen molar-refractivity contribution < 1.29 is 9.90 Å². The first-order valence-electron chi connectivity index (χ1n) is 5.31. The van der Waals surface area contributed by atoms with E-state index in [2.05, 4.69) is 15.3 Å². The van der Waals surface area contributed by atoms with E-state index in [4.69, 9.17) is 5.26 Å². The van der Waals surface area contributed by atoms with Gasteiger partial charge in [-0.05, 0) is 12.8 Å². The third kappa shape index (κ3) is 2.69. The van der Waals surface area contributed by atoms with E-state index in [0.29, 0.717) is 18.7 Å². The Morgan fingerprint density at radius 2 is 2.12 bits per heavy atom. The SMILES string of the molecule is CCC(CC)(Nc1cnc(C#N)cn1)C(=O)O. The molecule has 2 N–H and O–H groups in total. The van der Waals surface area contributed by atoms with Gasteiger partial charge in [-0.2, -0.15) is 5.26 Å². The van der Waals surface area contributed by atoms with Gasteiger partial charge in [0, 0.05) is 0 Å². The molecular weight excluding hydrogens is 220 g/mol. The monoisotopic (exact) mass is 234 g/mol. The highest BCUT2D eigenvalue weighted by Gasteiger charge is 2.35. The lowest BCUT2D eigenvalue weighted by molar-refractivity contribution is -0.142. The zero-order valence-corrected chi connectivity index (χ0v) is 9.77. The molecule has 0 saturated heterocycles. The van der Waals surface area contributed by atoms with Crippen molar-refractivity contribution >= 4 is 11.8 Å². The molecule has 17 heavy (non-hydrogen) atoms. The predicted octanol–water partition coefficient (Wildman–Crippen LogP) is 1.40. The van der Waals surface area contributed by atoms with Crippen molar-refractivity contribution in [2.75, 3.05) is 5.32 Å². The highest BCUT2D eigenvalue weighted by Crippen LogP contribution is 2.20. The molecule has 0 unspecified atom stereocenters. The van der Waals surface area contributed by atoms with Gasteiger partial charge in [-0.15, -0.1) is 0 Å². The molecule has 0 spiro atoms. The van der Waals surface area contributed by atoms with Crippen molar-refractivity contribution in [1.29, 1.82) is 5.26 Å². The van der Waals surface area contributed by atoms with Crippen molar-refractivity contribution in [3.05, 3.63) is 18.1 Å². The van der Waals surface area contributed by atoms with E-state index in [1.807, 2.05) is 6.07 Å². The van der Waals surface area contributed by atoms with Crippen molar-refractivity contribution in [2.45, 2.75) is 32.2 Å². The minimum absolute atomic E-state index is 0.199. The summed E-state index contributed by atoms with van der Waals surface area (Å²) in [7, 11) is 0. The Labute approximate surface area is 99.3 Å². The summed E-state index contributed by atoms with van der Waals surface area (Å²) in [6.07, 6.45) is 3.53. The number of carboxylic acid groups (broad SMARTS) is 1. The van der Waals surface area contributed by atoms with Crippen molar-refractivity contribution in [1.82, 2.24) is 9.97 Å². The van der Waals surface area contributed by atoms with Crippen LogP contribution in [-0.4, -0.2) is 26.6 Å². The van der Waals surface area contributed by atoms with Crippen molar-refractivity contribution in [3.8, 4) is 6.07 Å². The summed E-state index contributed by atoms with van der Waals surface area (Å²) in [5, 5.41) is 20.7. The summed E-state index contributed by atoms with van der Waals surface area (Å²) < 4.78 is 0. The van der Waals surface area contributed by atoms with Gasteiger partial charge in [0.2, 0.25) is 0 Å². The molecule has 6 heteroatoms. The third-order valence-electron chi connectivity index (χ3n) is 2.75. The number of nitrogens with zero attached hydrogens (tertiary/aromatic N) is 3. The highest BCUT2D eigenvalue weighted by molar-refractivity contribution is 5.82. The first-order chi connectivity index (χ1) is 8.07. The van der Waals surface area contributed by atoms with Gasteiger partial charge in [0.25, 0.3) is 0 Å². The summed E-state index contributed by atoms with van der Waals surface area (Å²) >= 11 is 0. The lowest BCUT2D eigenvalue weighted by Crippen LogP contribution is -2.45. The van der Waals surface area contributed by atoms with Crippen LogP contribution in [0.1, 0.15) is 32.4 Å². The third-order valence-corrected chi connectivity index (χ3v) is 2.75. The Bertz CT molecular complexity index is 432. The Balaban J connectivity index is 2.94. The van der Waals surface area contributed by atoms with Crippen LogP contribution in [0.25, 0.3) is 0 Å². The van der Waals surface area contributed by atoms with Gasteiger partial charge in [-0.25, -0.2) is 14.8 Å². The van der Waals surface area contributed by atoms with Crippen molar-refractivity contribution in [3.63, 3.8) is 0 Å². The standard InChI is InChI=1S/C11H14N4O2/c1-3-11(4-2,10(16)17)15-9-7-13-8(5-12)6-14-9/h6-7H,3-4H2,1-2H3,(H,14,15)(H,16,17). The van der Waals surface area contributed by atoms with Crippen LogP contribution in [0.15, 0.2) is 12.4 Å². The van der Waals surface area contributed by atoms with Crippen LogP contribution in [0, 0.1) is 11.3 Å². The maximum absolute atomic E-state index is 11.2. The van der Waals surface area contributed by atoms with Gasteiger partial charge in [0.05, 0.1) is 12.4 Å². The van der Waals surface area contributed by atoms with Crippen LogP contribution in [-0.2, 0) is 4.79 Å². The van der Waals surface area contributed by atoms with E-state index < -0.39 is 11.5 Å². The fourth-order valence-corrected chi connectivity index (χ4v) is 1.48. The molecule has 0 amide bonds. The largest absolute Gasteiger partial charge is 0.480 e. The van der Waals surface area contributed by atoms with E-state index in [1.165, 1.54) is 12.4 Å². The van der Waals surface area contributed by atoms with Gasteiger partial charge < -0.3 is 10.4 Å². The van der Waals surface area contributed by atoms with E-state index in [-0.39, 0.29) is 5.69 Å². The summed E-state index contributed by atoms with van der Waals surface area (Å²) in [6.45, 7) is 3.59. The Morgan fingerprint density at radius 1 is 1.47 bits per heavy atom. The molecule has 1 aromatic rings. The van der Waals surface area contributed by atoms with E-state index >= 15 is 0 Å². The molecule has 90 valence electrons. The van der Waals surface area contributed by atoms with E-state index in [1.54, 1.807) is 13.8 Å². The minimum atomic E-state index is -1.04. The fourth-order valence-electron chi connectivity index (χ4n) is 1.48. The molecule has 0 bridgehead atoms. The van der Waals surface area contributed by atoms with Gasteiger partial charge >= 0.3 is 5.97 Å². The van der Waals surface area contributed by atoms with Crippen LogP contribution in [0.3, 0.4) is 0 Å². The van der Waals surface area contributed by atoms with E-state index in [0.717, 1.165) is 0 Å². The van der Waals surface area contributed by atoms with Crippen LogP contribution < -0.4 is 5.32 Å². The zero-order chi connectivity index (χ0) is 12.9. The molecular formula is C11H14N4O2. The van der Waals surface area contributed by atoms with E-state index in [9.17, 15) is 9.90 Å². The molecule has 0 fully saturated rings. The van der Waals surface area contributed by atoms with Gasteiger partial charge in [-0.1, -0.05) is 13.8 Å². The number of aliphatic carboxylic acids is 1. The number of nitrogens with one attached hydrogen (secondary N) is 1. The highest BCUT2D eigenvalue weighted by atomic mass is 16.4. The quantitative estimate of drug-likeness (QED) is 0.799. The second-order valence-corrected chi connectivity index (χ2v) is 3.62. The molecule has 1 aromatic heterocycles. The van der Waals surface area contributed by atoms with Crippen LogP contribution in [0.5, 0.6) is 0 Å². The molecule has 0 aliphatic carbocycles. The smallest absolute Gasteiger partial charge is 0.329 e. The second-order valence-electron chi connectivity index (χ2n) is 3.62. The summed E-state index contributed by atoms with van der Waals surface area (Å²) in [6, 6.07) is 1.85. The normalized spacial score (nSPS) is 10.6. The molecule has 0 atom stereocenters. The topological polar surface area (TPSA) is 98.9 Å². The molecule has 0 aliphatic heterocycles. The Kier molecular flexibility index (Phi) is 3.99. The molecule has 1 heterocycles. The number of carboxylic acids is 1. The lowest BCUT2D eigenvalue weighted by atomic mass is 9.93. The average molecular weight is 234 g/mol. The van der Waals surface area contributed by atoms with Crippen LogP contribution >= 0.6 is 0 Å². The number of carbonyl (C=O) groups is 1. The Morgan fingerprint density at radius 3 is 2.47 bits per heavy atom. The number of hydrogen-bond acceptors (Lipinski definition) is 5. The lowest BCUT2D eigenvalue weighted by Gasteiger charge is -2.28. The molecule has 6 nitrogen and oxygen atoms in total. The molecule has 0 saturated carbocycles. The van der Waals surface area contributed by atoms with Crippen LogP contribution in [0.4, 0.5) is 5.82 Å². The summed E-state index contributed by atoms with van der Waals surface area (Å²) in [5.74, 6) is -0.566. The molecule has 1 rings (SSSR count). The number of aromatic nitrogens is 2. The number of nitriles is 1. The van der Waals surface area contributed by atoms with Crippen LogP contribution in [0.2, 0.25) is 0 Å². The number of anilines is 1. The number of hydrogen-bond donors (Lipinski definition) is 2. The minimum Gasteiger partial charge on any atom is -0.480 e. The maximum Gasteiger partial charge on any atom is 0.329 e. The second kappa shape index (κ2) is 5.25. The first kappa shape index (κ1) is 12.9. The maximum atomic E-state index is 11.2. The molecule has 0 aromatic carbocycles. The fraction of sp³-hybridized carbons (Fsp3) is 0.455. The number of rotatable bonds is 5. The van der Waals surface area contributed by atoms with Gasteiger partial charge in [0.15, 0.2) is 5.69 Å².